The van der Waals surface area contributed by atoms with Gasteiger partial charge in [-0.1, -0.05) is 13.0 Å². The van der Waals surface area contributed by atoms with Crippen LogP contribution in [0.5, 0.6) is 5.75 Å². The topological polar surface area (TPSA) is 90.9 Å². The number of Topliss-reactive ketones (excluding diaryl/α,β-unsaturated/α-hetero) is 1. The molecule has 0 spiro atoms. The number of nitrogens with one attached hydrogen (secondary N) is 2. The number of phenolic OH excluding ortho intramolecular Hbond substituents is 1. The molecule has 26 heavy (non-hydrogen) atoms. The molecule has 0 heterocycles. The number of anilines is 1. The number of phenols is 1. The van der Waals surface area contributed by atoms with Crippen LogP contribution in [0.4, 0.5) is 5.69 Å². The number of hydrogen-bond acceptors (Lipinski definition) is 6. The third kappa shape index (κ3) is 3.83. The fraction of sp³-hybridized carbons (Fsp3) is 0.474. The highest BCUT2D eigenvalue weighted by Crippen LogP contribution is 2.35. The summed E-state index contributed by atoms with van der Waals surface area (Å²) in [5.41, 5.74) is 1.72. The van der Waals surface area contributed by atoms with Crippen LogP contribution >= 0.6 is 0 Å². The Morgan fingerprint density at radius 3 is 2.65 bits per heavy atom. The number of ether oxygens (including phenoxy) is 1. The van der Waals surface area contributed by atoms with Crippen molar-refractivity contribution in [2.24, 2.45) is 5.92 Å². The molecule has 1 aliphatic rings. The summed E-state index contributed by atoms with van der Waals surface area (Å²) in [6, 6.07) is 4.94. The smallest absolute Gasteiger partial charge is 0.257 e. The third-order valence-corrected chi connectivity index (χ3v) is 4.49. The molecule has 2 rings (SSSR count). The first-order valence-corrected chi connectivity index (χ1v) is 8.66. The molecule has 2 atom stereocenters. The Morgan fingerprint density at radius 1 is 1.38 bits per heavy atom. The molecule has 1 unspecified atom stereocenters. The predicted molar refractivity (Wildman–Crippen MR) is 100 cm³/mol. The standard InChI is InChI=1S/C19H27N3O4/c1-6-12(10-26-5)20-15-11(2)17(23)16(15)21-14-9-7-8-13(18(14)24)19(25)22(3)4/h7-9,11-12,20-21,24H,6,10H2,1-5H3/t11?,12-/m0/s1. The first kappa shape index (κ1) is 19.8. The van der Waals surface area contributed by atoms with E-state index in [4.69, 9.17) is 4.74 Å². The Labute approximate surface area is 154 Å². The van der Waals surface area contributed by atoms with Crippen molar-refractivity contribution in [2.75, 3.05) is 33.1 Å². The van der Waals surface area contributed by atoms with E-state index in [1.807, 2.05) is 13.8 Å². The lowest BCUT2D eigenvalue weighted by Gasteiger charge is -2.33. The molecule has 7 nitrogen and oxygen atoms in total. The van der Waals surface area contributed by atoms with Crippen molar-refractivity contribution < 1.29 is 19.4 Å². The van der Waals surface area contributed by atoms with Gasteiger partial charge in [0.1, 0.15) is 5.70 Å². The summed E-state index contributed by atoms with van der Waals surface area (Å²) in [6.45, 7) is 4.41. The third-order valence-electron chi connectivity index (χ3n) is 4.49. The van der Waals surface area contributed by atoms with E-state index >= 15 is 0 Å². The lowest BCUT2D eigenvalue weighted by atomic mass is 9.85. The van der Waals surface area contributed by atoms with E-state index in [0.29, 0.717) is 18.0 Å². The number of carbonyl (C=O) groups excluding carboxylic acids is 2. The first-order chi connectivity index (χ1) is 12.3. The van der Waals surface area contributed by atoms with Crippen molar-refractivity contribution in [2.45, 2.75) is 26.3 Å². The summed E-state index contributed by atoms with van der Waals surface area (Å²) in [7, 11) is 4.87. The van der Waals surface area contributed by atoms with Crippen molar-refractivity contribution >= 4 is 17.4 Å². The largest absolute Gasteiger partial charge is 0.505 e. The molecule has 0 radical (unpaired) electrons. The number of methoxy groups -OCH3 is 1. The highest BCUT2D eigenvalue weighted by molar-refractivity contribution is 6.09. The number of hydrogen-bond donors (Lipinski definition) is 3. The van der Waals surface area contributed by atoms with Gasteiger partial charge < -0.3 is 25.4 Å². The Hall–Kier alpha value is -2.54. The molecule has 0 saturated carbocycles. The number of benzene rings is 1. The zero-order valence-corrected chi connectivity index (χ0v) is 15.9. The van der Waals surface area contributed by atoms with Gasteiger partial charge in [-0.15, -0.1) is 0 Å². The van der Waals surface area contributed by atoms with Crippen molar-refractivity contribution in [3.63, 3.8) is 0 Å². The van der Waals surface area contributed by atoms with Gasteiger partial charge in [0.05, 0.1) is 23.8 Å². The lowest BCUT2D eigenvalue weighted by Crippen LogP contribution is -2.45. The molecular formula is C19H27N3O4. The minimum Gasteiger partial charge on any atom is -0.505 e. The number of nitrogens with zero attached hydrogens (tertiary/aromatic N) is 1. The number of ketones is 1. The number of allylic oxidation sites excluding steroid dienone is 2. The van der Waals surface area contributed by atoms with Crippen molar-refractivity contribution in [3.8, 4) is 5.75 Å². The minimum atomic E-state index is -0.307. The normalized spacial score (nSPS) is 17.6. The van der Waals surface area contributed by atoms with Crippen LogP contribution in [0.3, 0.4) is 0 Å². The molecule has 1 aromatic carbocycles. The van der Waals surface area contributed by atoms with Crippen LogP contribution in [0.25, 0.3) is 0 Å². The van der Waals surface area contributed by atoms with Gasteiger partial charge in [-0.25, -0.2) is 0 Å². The lowest BCUT2D eigenvalue weighted by molar-refractivity contribution is -0.120. The summed E-state index contributed by atoms with van der Waals surface area (Å²) in [5, 5.41) is 16.8. The van der Waals surface area contributed by atoms with Gasteiger partial charge in [0, 0.05) is 32.9 Å². The quantitative estimate of drug-likeness (QED) is 0.613. The van der Waals surface area contributed by atoms with Gasteiger partial charge in [-0.05, 0) is 25.5 Å². The molecule has 0 saturated heterocycles. The number of carbonyl (C=O) groups is 2. The molecule has 3 N–H and O–H groups in total. The summed E-state index contributed by atoms with van der Waals surface area (Å²) in [6.07, 6.45) is 0.851. The van der Waals surface area contributed by atoms with Gasteiger partial charge in [0.2, 0.25) is 0 Å². The molecule has 0 aromatic heterocycles. The number of aromatic hydroxyl groups is 1. The zero-order chi connectivity index (χ0) is 19.4. The van der Waals surface area contributed by atoms with E-state index in [9.17, 15) is 14.7 Å². The average Bonchev–Trinajstić information content (AvgIpc) is 2.63. The molecule has 142 valence electrons. The molecule has 0 fully saturated rings. The Morgan fingerprint density at radius 2 is 2.08 bits per heavy atom. The van der Waals surface area contributed by atoms with Crippen LogP contribution in [0.1, 0.15) is 30.6 Å². The number of para-hydroxylation sites is 1. The van der Waals surface area contributed by atoms with Gasteiger partial charge >= 0.3 is 0 Å². The number of rotatable bonds is 8. The maximum Gasteiger partial charge on any atom is 0.257 e. The maximum absolute atomic E-state index is 12.3. The van der Waals surface area contributed by atoms with E-state index in [1.54, 1.807) is 39.4 Å². The predicted octanol–water partition coefficient (Wildman–Crippen LogP) is 1.95. The molecule has 1 amide bonds. The van der Waals surface area contributed by atoms with E-state index in [-0.39, 0.29) is 35.0 Å². The van der Waals surface area contributed by atoms with E-state index in [2.05, 4.69) is 10.6 Å². The summed E-state index contributed by atoms with van der Waals surface area (Å²) in [4.78, 5) is 25.8. The van der Waals surface area contributed by atoms with E-state index in [1.165, 1.54) is 4.90 Å². The minimum absolute atomic E-state index is 0.0384. The maximum atomic E-state index is 12.3. The Balaban J connectivity index is 2.29. The molecular weight excluding hydrogens is 334 g/mol. The van der Waals surface area contributed by atoms with Crippen LogP contribution in [0, 0.1) is 5.92 Å². The van der Waals surface area contributed by atoms with Gasteiger partial charge in [-0.2, -0.15) is 0 Å². The highest BCUT2D eigenvalue weighted by atomic mass is 16.5. The van der Waals surface area contributed by atoms with Gasteiger partial charge in [0.25, 0.3) is 5.91 Å². The molecule has 1 aromatic rings. The fourth-order valence-electron chi connectivity index (χ4n) is 2.82. The monoisotopic (exact) mass is 361 g/mol. The molecule has 1 aliphatic carbocycles. The van der Waals surface area contributed by atoms with Crippen molar-refractivity contribution in [3.05, 3.63) is 35.2 Å². The van der Waals surface area contributed by atoms with Crippen LogP contribution in [0.2, 0.25) is 0 Å². The summed E-state index contributed by atoms with van der Waals surface area (Å²) in [5.74, 6) is -0.757. The van der Waals surface area contributed by atoms with E-state index in [0.717, 1.165) is 12.1 Å². The van der Waals surface area contributed by atoms with Crippen LogP contribution in [-0.4, -0.2) is 55.6 Å². The summed E-state index contributed by atoms with van der Waals surface area (Å²) < 4.78 is 5.19. The van der Waals surface area contributed by atoms with E-state index < -0.39 is 0 Å². The van der Waals surface area contributed by atoms with Crippen molar-refractivity contribution in [1.82, 2.24) is 10.2 Å². The molecule has 0 aliphatic heterocycles. The molecule has 7 heteroatoms. The van der Waals surface area contributed by atoms with Gasteiger partial charge in [-0.3, -0.25) is 9.59 Å². The first-order valence-electron chi connectivity index (χ1n) is 8.66. The Kier molecular flexibility index (Phi) is 6.26. The van der Waals surface area contributed by atoms with Crippen molar-refractivity contribution in [1.29, 1.82) is 0 Å². The second-order valence-corrected chi connectivity index (χ2v) is 6.61. The van der Waals surface area contributed by atoms with Gasteiger partial charge in [0.15, 0.2) is 11.5 Å². The molecule has 0 bridgehead atoms. The number of amides is 1. The average molecular weight is 361 g/mol. The SMILES string of the molecule is CC[C@@H](COC)NC1=C(Nc2cccc(C(=O)N(C)C)c2O)C(=O)C1C. The second-order valence-electron chi connectivity index (χ2n) is 6.61. The summed E-state index contributed by atoms with van der Waals surface area (Å²) >= 11 is 0. The van der Waals surface area contributed by atoms with Crippen LogP contribution in [0.15, 0.2) is 29.6 Å². The second kappa shape index (κ2) is 8.23. The van der Waals surface area contributed by atoms with Crippen LogP contribution in [-0.2, 0) is 9.53 Å². The fourth-order valence-corrected chi connectivity index (χ4v) is 2.82. The highest BCUT2D eigenvalue weighted by Gasteiger charge is 2.37. The Bertz CT molecular complexity index is 727. The van der Waals surface area contributed by atoms with Crippen LogP contribution < -0.4 is 10.6 Å². The zero-order valence-electron chi connectivity index (χ0n) is 15.9.